The molecule has 2 aromatic rings. The molecule has 190 valence electrons. The van der Waals surface area contributed by atoms with E-state index in [9.17, 15) is 33.1 Å². The highest BCUT2D eigenvalue weighted by Gasteiger charge is 2.24. The Morgan fingerprint density at radius 2 is 2.09 bits per heavy atom. The molecule has 3 amide bonds. The second-order valence-electron chi connectivity index (χ2n) is 7.11. The summed E-state index contributed by atoms with van der Waals surface area (Å²) in [5.74, 6) is -2.23. The molecule has 0 radical (unpaired) electrons. The van der Waals surface area contributed by atoms with Crippen molar-refractivity contribution in [2.45, 2.75) is 12.5 Å². The van der Waals surface area contributed by atoms with E-state index in [1.807, 2.05) is 5.32 Å². The molecule has 1 aromatic carbocycles. The molecule has 0 bridgehead atoms. The Morgan fingerprint density at radius 3 is 2.76 bits per heavy atom. The van der Waals surface area contributed by atoms with Gasteiger partial charge >= 0.3 is 18.5 Å². The molecule has 1 aromatic heterocycles. The highest BCUT2D eigenvalue weighted by molar-refractivity contribution is 5.86. The molecule has 2 heterocycles. The molecule has 0 saturated carbocycles. The number of oxazole rings is 1. The number of carbonyl (C=O) groups is 2. The molecule has 15 heteroatoms. The summed E-state index contributed by atoms with van der Waals surface area (Å²) in [5.41, 5.74) is 0.193. The van der Waals surface area contributed by atoms with Gasteiger partial charge in [-0.1, -0.05) is 0 Å². The molecule has 1 fully saturated rings. The molecular formula is C19H27F3N6O6. The molecule has 1 atom stereocenters. The van der Waals surface area contributed by atoms with Gasteiger partial charge in [0.1, 0.15) is 12.1 Å². The Bertz CT molecular complexity index is 977. The van der Waals surface area contributed by atoms with Crippen LogP contribution in [-0.2, 0) is 9.63 Å². The van der Waals surface area contributed by atoms with Crippen molar-refractivity contribution in [2.75, 3.05) is 54.6 Å². The van der Waals surface area contributed by atoms with E-state index in [-0.39, 0.29) is 46.5 Å². The molecular weight excluding hydrogens is 465 g/mol. The van der Waals surface area contributed by atoms with Crippen LogP contribution < -0.4 is 20.6 Å². The van der Waals surface area contributed by atoms with Crippen molar-refractivity contribution in [1.82, 2.24) is 15.4 Å². The largest absolute Gasteiger partial charge is 0.432 e. The molecule has 12 nitrogen and oxygen atoms in total. The number of hydroxylamine groups is 3. The third-order valence-electron chi connectivity index (χ3n) is 4.72. The van der Waals surface area contributed by atoms with Crippen LogP contribution in [0.4, 0.5) is 35.4 Å². The molecule has 34 heavy (non-hydrogen) atoms. The van der Waals surface area contributed by atoms with Gasteiger partial charge in [0, 0.05) is 28.6 Å². The van der Waals surface area contributed by atoms with Crippen LogP contribution in [0, 0.1) is 5.82 Å². The first-order valence-electron chi connectivity index (χ1n) is 10.1. The van der Waals surface area contributed by atoms with Crippen molar-refractivity contribution >= 4 is 29.3 Å². The van der Waals surface area contributed by atoms with E-state index < -0.39 is 43.4 Å². The van der Waals surface area contributed by atoms with Crippen LogP contribution in [0.2, 0.25) is 0 Å². The maximum absolute atomic E-state index is 14.8. The fourth-order valence-electron chi connectivity index (χ4n) is 3.07. The smallest absolute Gasteiger partial charge is 0.349 e. The molecule has 0 spiro atoms. The summed E-state index contributed by atoms with van der Waals surface area (Å²) in [6, 6.07) is 3.23. The minimum atomic E-state index is -3.22. The zero-order chi connectivity index (χ0) is 24.7. The number of benzene rings is 1. The van der Waals surface area contributed by atoms with Crippen molar-refractivity contribution in [2.24, 2.45) is 0 Å². The summed E-state index contributed by atoms with van der Waals surface area (Å²) in [6.45, 7) is -0.284. The minimum Gasteiger partial charge on any atom is -0.432 e. The van der Waals surface area contributed by atoms with Crippen LogP contribution in [0.15, 0.2) is 35.1 Å². The van der Waals surface area contributed by atoms with Gasteiger partial charge in [-0.2, -0.15) is 8.78 Å². The average Bonchev–Trinajstić information content (AvgIpc) is 3.18. The topological polar surface area (TPSA) is 144 Å². The number of amides is 3. The number of hydrogen-bond acceptors (Lipinski definition) is 9. The van der Waals surface area contributed by atoms with E-state index in [2.05, 4.69) is 10.3 Å². The number of aromatic nitrogens is 1. The van der Waals surface area contributed by atoms with Crippen molar-refractivity contribution in [3.05, 3.63) is 36.5 Å². The fourth-order valence-corrected chi connectivity index (χ4v) is 3.07. The number of nitrogens with zero attached hydrogens (tertiary/aromatic N) is 4. The van der Waals surface area contributed by atoms with E-state index >= 15 is 0 Å². The number of rotatable bonds is 8. The minimum absolute atomic E-state index is 0. The van der Waals surface area contributed by atoms with Crippen LogP contribution in [0.5, 0.6) is 0 Å². The Morgan fingerprint density at radius 1 is 1.29 bits per heavy atom. The van der Waals surface area contributed by atoms with Gasteiger partial charge in [-0.05, 0) is 12.1 Å². The lowest BCUT2D eigenvalue weighted by atomic mass is 10.2. The zero-order valence-corrected chi connectivity index (χ0v) is 17.7. The van der Waals surface area contributed by atoms with Gasteiger partial charge in [0.25, 0.3) is 5.91 Å². The Kier molecular flexibility index (Phi) is 8.50. The maximum atomic E-state index is 14.8. The number of aliphatic hydroxyl groups is 1. The lowest BCUT2D eigenvalue weighted by Gasteiger charge is -2.25. The fraction of sp³-hybridized carbons (Fsp3) is 0.421. The van der Waals surface area contributed by atoms with E-state index in [0.717, 1.165) is 11.1 Å². The van der Waals surface area contributed by atoms with Gasteiger partial charge in [-0.15, -0.1) is 0 Å². The Labute approximate surface area is 194 Å². The van der Waals surface area contributed by atoms with Crippen LogP contribution in [0.3, 0.4) is 0 Å². The zero-order valence-electron chi connectivity index (χ0n) is 17.7. The third kappa shape index (κ3) is 6.72. The van der Waals surface area contributed by atoms with Gasteiger partial charge in [0.15, 0.2) is 0 Å². The first-order chi connectivity index (χ1) is 16.2. The van der Waals surface area contributed by atoms with Gasteiger partial charge in [-0.25, -0.2) is 19.2 Å². The monoisotopic (exact) mass is 492 g/mol. The van der Waals surface area contributed by atoms with E-state index in [1.54, 1.807) is 4.90 Å². The van der Waals surface area contributed by atoms with E-state index in [4.69, 9.17) is 9.25 Å². The summed E-state index contributed by atoms with van der Waals surface area (Å²) in [4.78, 5) is 33.9. The number of hydrogen-bond donors (Lipinski definition) is 4. The van der Waals surface area contributed by atoms with Gasteiger partial charge < -0.3 is 19.7 Å². The SMILES string of the molecule is O=C(NC[C@H](O)CN(O)c1ccc(N2CCON(C(=O)Nc3ncco3)CC2)c(F)c1)C(F)F.[HH].[HH]. The first kappa shape index (κ1) is 25.1. The molecule has 0 aliphatic carbocycles. The van der Waals surface area contributed by atoms with Gasteiger partial charge in [0.05, 0.1) is 43.4 Å². The van der Waals surface area contributed by atoms with Crippen molar-refractivity contribution in [3.8, 4) is 0 Å². The highest BCUT2D eigenvalue weighted by Crippen LogP contribution is 2.25. The lowest BCUT2D eigenvalue weighted by molar-refractivity contribution is -0.132. The second kappa shape index (κ2) is 11.5. The number of alkyl halides is 2. The van der Waals surface area contributed by atoms with Crippen molar-refractivity contribution in [1.29, 1.82) is 0 Å². The Balaban J connectivity index is 0.00000324. The normalized spacial score (nSPS) is 15.1. The summed E-state index contributed by atoms with van der Waals surface area (Å²) in [6.07, 6.45) is -1.94. The third-order valence-corrected chi connectivity index (χ3v) is 4.72. The molecule has 4 N–H and O–H groups in total. The number of aliphatic hydroxyl groups excluding tert-OH is 1. The number of carbonyl (C=O) groups excluding carboxylic acids is 2. The molecule has 3 rings (SSSR count). The molecule has 1 aliphatic rings. The van der Waals surface area contributed by atoms with Gasteiger partial charge in [-0.3, -0.25) is 25.2 Å². The predicted molar refractivity (Wildman–Crippen MR) is 115 cm³/mol. The molecule has 1 aliphatic heterocycles. The molecule has 0 unspecified atom stereocenters. The van der Waals surface area contributed by atoms with Crippen LogP contribution in [0.1, 0.15) is 2.85 Å². The van der Waals surface area contributed by atoms with Crippen molar-refractivity contribution < 1.29 is 45.2 Å². The average molecular weight is 492 g/mol. The standard InChI is InChI=1S/C19H23F3N6O6.2H2/c20-14-9-12(27(32)11-13(29)10-24-17(30)16(21)22)1-2-15(14)26-4-5-28(34-8-6-26)19(31)25-18-23-3-7-33-18;;/h1-3,7,9,13,16,29,32H,4-6,8,10-11H2,(H,24,30)(H,23,25,31);2*1H/t13-;;/m0../s1. The predicted octanol–water partition coefficient (Wildman–Crippen LogP) is 1.53. The van der Waals surface area contributed by atoms with Crippen LogP contribution in [-0.4, -0.2) is 84.2 Å². The number of anilines is 3. The van der Waals surface area contributed by atoms with Crippen LogP contribution >= 0.6 is 0 Å². The summed E-state index contributed by atoms with van der Waals surface area (Å²) in [5, 5.41) is 25.7. The second-order valence-corrected chi connectivity index (χ2v) is 7.11. The lowest BCUT2D eigenvalue weighted by Crippen LogP contribution is -2.41. The highest BCUT2D eigenvalue weighted by atomic mass is 19.3. The maximum Gasteiger partial charge on any atom is 0.349 e. The summed E-state index contributed by atoms with van der Waals surface area (Å²) >= 11 is 0. The van der Waals surface area contributed by atoms with Crippen LogP contribution in [0.25, 0.3) is 0 Å². The number of urea groups is 1. The van der Waals surface area contributed by atoms with Crippen molar-refractivity contribution in [3.63, 3.8) is 0 Å². The van der Waals surface area contributed by atoms with E-state index in [0.29, 0.717) is 5.06 Å². The summed E-state index contributed by atoms with van der Waals surface area (Å²) < 4.78 is 44.1. The van der Waals surface area contributed by atoms with E-state index in [1.165, 1.54) is 24.6 Å². The summed E-state index contributed by atoms with van der Waals surface area (Å²) in [7, 11) is 0. The van der Waals surface area contributed by atoms with Gasteiger partial charge in [0.2, 0.25) is 0 Å². The Hall–Kier alpha value is -3.56. The molecule has 1 saturated heterocycles. The number of nitrogens with one attached hydrogen (secondary N) is 2. The quantitative estimate of drug-likeness (QED) is 0.403. The number of halogens is 3. The first-order valence-corrected chi connectivity index (χ1v) is 10.1.